The number of hydrogen-bond donors (Lipinski definition) is 1. The van der Waals surface area contributed by atoms with Gasteiger partial charge in [-0.2, -0.15) is 11.8 Å². The predicted octanol–water partition coefficient (Wildman–Crippen LogP) is 4.21. The van der Waals surface area contributed by atoms with Crippen LogP contribution in [0.4, 0.5) is 10.3 Å². The molecule has 0 aliphatic heterocycles. The third kappa shape index (κ3) is 2.41. The van der Waals surface area contributed by atoms with Crippen LogP contribution in [0.25, 0.3) is 11.0 Å². The Morgan fingerprint density at radius 2 is 2.15 bits per heavy atom. The average Bonchev–Trinajstić information content (AvgIpc) is 2.74. The molecule has 20 heavy (non-hydrogen) atoms. The van der Waals surface area contributed by atoms with E-state index in [0.717, 1.165) is 17.5 Å². The van der Waals surface area contributed by atoms with Gasteiger partial charge in [-0.05, 0) is 47.8 Å². The normalized spacial score (nSPS) is 23.4. The lowest BCUT2D eigenvalue weighted by Crippen LogP contribution is -2.26. The number of aromatic nitrogens is 2. The largest absolute Gasteiger partial charge is 0.369 e. The molecule has 0 saturated heterocycles. The molecule has 1 aliphatic carbocycles. The van der Waals surface area contributed by atoms with Crippen LogP contribution in [0.1, 0.15) is 31.7 Å². The van der Waals surface area contributed by atoms with E-state index in [1.165, 1.54) is 19.3 Å². The molecule has 1 aromatic carbocycles. The Kier molecular flexibility index (Phi) is 4.12. The van der Waals surface area contributed by atoms with Gasteiger partial charge in [-0.1, -0.05) is 12.8 Å². The molecule has 0 spiro atoms. The minimum absolute atomic E-state index is 0.198. The van der Waals surface area contributed by atoms with Crippen LogP contribution < -0.4 is 5.73 Å². The van der Waals surface area contributed by atoms with Gasteiger partial charge in [0.25, 0.3) is 0 Å². The molecule has 0 radical (unpaired) electrons. The summed E-state index contributed by atoms with van der Waals surface area (Å²) in [6, 6.07) is 3.67. The van der Waals surface area contributed by atoms with Gasteiger partial charge in [0.1, 0.15) is 5.82 Å². The van der Waals surface area contributed by atoms with Crippen LogP contribution >= 0.6 is 34.4 Å². The maximum Gasteiger partial charge on any atom is 0.201 e. The number of benzene rings is 1. The van der Waals surface area contributed by atoms with Crippen LogP contribution in [0.2, 0.25) is 0 Å². The standard InChI is InChI=1S/C14H17FIN3S/c1-20-13-5-3-2-4-11(13)19-12-6-8(15)9(16)7-10(12)18-14(19)17/h6-7,11,13H,2-5H2,1H3,(H2,17,18). The fraction of sp³-hybridized carbons (Fsp3) is 0.500. The summed E-state index contributed by atoms with van der Waals surface area (Å²) in [6.07, 6.45) is 6.89. The molecule has 2 unspecified atom stereocenters. The summed E-state index contributed by atoms with van der Waals surface area (Å²) >= 11 is 3.87. The van der Waals surface area contributed by atoms with Crippen LogP contribution in [0.5, 0.6) is 0 Å². The quantitative estimate of drug-likeness (QED) is 0.762. The smallest absolute Gasteiger partial charge is 0.201 e. The van der Waals surface area contributed by atoms with Crippen LogP contribution in [-0.4, -0.2) is 21.1 Å². The number of fused-ring (bicyclic) bond motifs is 1. The Morgan fingerprint density at radius 1 is 1.40 bits per heavy atom. The van der Waals surface area contributed by atoms with E-state index >= 15 is 0 Å². The molecular formula is C14H17FIN3S. The first kappa shape index (κ1) is 14.4. The minimum atomic E-state index is -0.198. The fourth-order valence-electron chi connectivity index (χ4n) is 3.11. The van der Waals surface area contributed by atoms with Gasteiger partial charge >= 0.3 is 0 Å². The van der Waals surface area contributed by atoms with E-state index in [1.807, 2.05) is 34.4 Å². The summed E-state index contributed by atoms with van der Waals surface area (Å²) in [6.45, 7) is 0. The molecule has 1 fully saturated rings. The Balaban J connectivity index is 2.14. The van der Waals surface area contributed by atoms with Gasteiger partial charge < -0.3 is 10.3 Å². The van der Waals surface area contributed by atoms with Crippen molar-refractivity contribution in [1.82, 2.24) is 9.55 Å². The van der Waals surface area contributed by atoms with Crippen molar-refractivity contribution < 1.29 is 4.39 Å². The van der Waals surface area contributed by atoms with Crippen molar-refractivity contribution in [2.45, 2.75) is 37.0 Å². The maximum absolute atomic E-state index is 13.9. The molecule has 1 aromatic heterocycles. The summed E-state index contributed by atoms with van der Waals surface area (Å²) < 4.78 is 16.5. The van der Waals surface area contributed by atoms with Gasteiger partial charge in [-0.3, -0.25) is 0 Å². The van der Waals surface area contributed by atoms with E-state index in [-0.39, 0.29) is 5.82 Å². The second-order valence-electron chi connectivity index (χ2n) is 5.22. The number of nitrogens with two attached hydrogens (primary N) is 1. The summed E-state index contributed by atoms with van der Waals surface area (Å²) in [5.41, 5.74) is 7.73. The van der Waals surface area contributed by atoms with Crippen molar-refractivity contribution in [3.63, 3.8) is 0 Å². The van der Waals surface area contributed by atoms with E-state index in [0.29, 0.717) is 20.8 Å². The Morgan fingerprint density at radius 3 is 2.90 bits per heavy atom. The van der Waals surface area contributed by atoms with Gasteiger partial charge in [-0.25, -0.2) is 9.37 Å². The highest BCUT2D eigenvalue weighted by atomic mass is 127. The molecule has 0 amide bonds. The van der Waals surface area contributed by atoms with E-state index in [9.17, 15) is 4.39 Å². The minimum Gasteiger partial charge on any atom is -0.369 e. The summed E-state index contributed by atoms with van der Waals surface area (Å²) in [5, 5.41) is 0.533. The van der Waals surface area contributed by atoms with Crippen LogP contribution in [0, 0.1) is 9.39 Å². The van der Waals surface area contributed by atoms with E-state index < -0.39 is 0 Å². The first-order valence-electron chi connectivity index (χ1n) is 6.77. The number of halogens is 2. The van der Waals surface area contributed by atoms with Gasteiger partial charge in [0.2, 0.25) is 5.95 Å². The zero-order chi connectivity index (χ0) is 14.3. The zero-order valence-corrected chi connectivity index (χ0v) is 14.2. The fourth-order valence-corrected chi connectivity index (χ4v) is 4.53. The average molecular weight is 405 g/mol. The maximum atomic E-state index is 13.9. The second-order valence-corrected chi connectivity index (χ2v) is 7.46. The predicted molar refractivity (Wildman–Crippen MR) is 91.6 cm³/mol. The number of anilines is 1. The molecule has 2 N–H and O–H groups in total. The number of nitrogen functional groups attached to an aromatic ring is 1. The zero-order valence-electron chi connectivity index (χ0n) is 11.3. The van der Waals surface area contributed by atoms with Crippen molar-refractivity contribution in [3.8, 4) is 0 Å². The van der Waals surface area contributed by atoms with Crippen LogP contribution in [0.15, 0.2) is 12.1 Å². The van der Waals surface area contributed by atoms with Crippen molar-refractivity contribution >= 4 is 51.3 Å². The number of hydrogen-bond acceptors (Lipinski definition) is 3. The van der Waals surface area contributed by atoms with Gasteiger partial charge in [0.15, 0.2) is 0 Å². The van der Waals surface area contributed by atoms with Crippen molar-refractivity contribution in [2.75, 3.05) is 12.0 Å². The van der Waals surface area contributed by atoms with E-state index in [1.54, 1.807) is 12.1 Å². The molecule has 6 heteroatoms. The van der Waals surface area contributed by atoms with Gasteiger partial charge in [0.05, 0.1) is 14.6 Å². The number of rotatable bonds is 2. The third-order valence-electron chi connectivity index (χ3n) is 4.06. The van der Waals surface area contributed by atoms with Crippen molar-refractivity contribution in [1.29, 1.82) is 0 Å². The van der Waals surface area contributed by atoms with Crippen molar-refractivity contribution in [2.24, 2.45) is 0 Å². The molecule has 2 atom stereocenters. The number of imidazole rings is 1. The first-order valence-corrected chi connectivity index (χ1v) is 9.13. The lowest BCUT2D eigenvalue weighted by Gasteiger charge is -2.32. The highest BCUT2D eigenvalue weighted by Gasteiger charge is 2.28. The first-order chi connectivity index (χ1) is 9.61. The topological polar surface area (TPSA) is 43.8 Å². The monoisotopic (exact) mass is 405 g/mol. The lowest BCUT2D eigenvalue weighted by molar-refractivity contribution is 0.374. The molecule has 1 heterocycles. The summed E-state index contributed by atoms with van der Waals surface area (Å²) in [4.78, 5) is 4.42. The molecule has 2 aromatic rings. The SMILES string of the molecule is CSC1CCCCC1n1c(N)nc2cc(I)c(F)cc21. The molecule has 0 bridgehead atoms. The highest BCUT2D eigenvalue weighted by molar-refractivity contribution is 14.1. The van der Waals surface area contributed by atoms with Crippen molar-refractivity contribution in [3.05, 3.63) is 21.5 Å². The second kappa shape index (κ2) is 5.71. The van der Waals surface area contributed by atoms with E-state index in [4.69, 9.17) is 5.73 Å². The molecule has 1 saturated carbocycles. The molecule has 3 nitrogen and oxygen atoms in total. The third-order valence-corrected chi connectivity index (χ3v) is 6.04. The summed E-state index contributed by atoms with van der Waals surface area (Å²) in [7, 11) is 0. The molecule has 1 aliphatic rings. The van der Waals surface area contributed by atoms with Gasteiger partial charge in [-0.15, -0.1) is 0 Å². The number of thioether (sulfide) groups is 1. The molecule has 3 rings (SSSR count). The lowest BCUT2D eigenvalue weighted by atomic mass is 9.94. The number of nitrogens with zero attached hydrogens (tertiary/aromatic N) is 2. The van der Waals surface area contributed by atoms with E-state index in [2.05, 4.69) is 15.8 Å². The molecular weight excluding hydrogens is 388 g/mol. The van der Waals surface area contributed by atoms with Gasteiger partial charge in [0, 0.05) is 17.4 Å². The molecule has 108 valence electrons. The van der Waals surface area contributed by atoms with Crippen LogP contribution in [-0.2, 0) is 0 Å². The van der Waals surface area contributed by atoms with Crippen LogP contribution in [0.3, 0.4) is 0 Å². The Bertz CT molecular complexity index is 643. The highest BCUT2D eigenvalue weighted by Crippen LogP contribution is 2.39. The Hall–Kier alpha value is -0.500. The summed E-state index contributed by atoms with van der Waals surface area (Å²) in [5.74, 6) is 0.308. The Labute approximate surface area is 135 Å².